The number of benzene rings is 1. The number of rotatable bonds is 24. The number of hydrogen-bond donors (Lipinski definition) is 6. The average molecular weight is 720 g/mol. The molecule has 0 aliphatic carbocycles. The summed E-state index contributed by atoms with van der Waals surface area (Å²) in [4.78, 5) is 40.5. The van der Waals surface area contributed by atoms with Crippen molar-refractivity contribution in [2.45, 2.75) is 98.0 Å². The van der Waals surface area contributed by atoms with Gasteiger partial charge >= 0.3 is 43.0 Å². The summed E-state index contributed by atoms with van der Waals surface area (Å²) >= 11 is 0. The number of unbranched alkanes of at least 4 members (excludes halogenated alkanes) is 6. The molecule has 15 nitrogen and oxygen atoms in total. The third-order valence-corrected chi connectivity index (χ3v) is 8.26. The normalized spacial score (nSPS) is 13.9. The Hall–Kier alpha value is -3.40. The molecule has 0 aromatic heterocycles. The van der Waals surface area contributed by atoms with E-state index < -0.39 is 28.2 Å². The Balaban J connectivity index is 1.84. The highest BCUT2D eigenvalue weighted by Gasteiger charge is 2.32. The lowest BCUT2D eigenvalue weighted by Gasteiger charge is -2.37. The molecular formula is C31H58B6N8O7. The number of amidine groups is 1. The first-order chi connectivity index (χ1) is 24.8. The second-order valence-electron chi connectivity index (χ2n) is 13.8. The van der Waals surface area contributed by atoms with Crippen LogP contribution in [0.1, 0.15) is 70.8 Å². The van der Waals surface area contributed by atoms with E-state index in [9.17, 15) is 29.7 Å². The van der Waals surface area contributed by atoms with Crippen molar-refractivity contribution in [3.63, 3.8) is 0 Å². The Kier molecular flexibility index (Phi) is 20.7. The quantitative estimate of drug-likeness (QED) is 0.0277. The number of nitrogens with zero attached hydrogens (tertiary/aromatic N) is 6. The molecule has 0 saturated heterocycles. The molecule has 1 aliphatic rings. The minimum atomic E-state index is -1.02. The topological polar surface area (TPSA) is 195 Å². The number of carbonyl (C=O) groups excluding carboxylic acids is 2. The number of ether oxygens (including phenoxy) is 1. The van der Waals surface area contributed by atoms with Gasteiger partial charge in [-0.05, 0) is 91.1 Å². The van der Waals surface area contributed by atoms with E-state index in [4.69, 9.17) is 9.73 Å². The van der Waals surface area contributed by atoms with Crippen molar-refractivity contribution < 1.29 is 34.4 Å². The summed E-state index contributed by atoms with van der Waals surface area (Å²) in [5, 5.41) is 47.1. The largest absolute Gasteiger partial charge is 0.494 e. The molecule has 1 heterocycles. The summed E-state index contributed by atoms with van der Waals surface area (Å²) in [5.74, 6) is 2.29. The van der Waals surface area contributed by atoms with E-state index in [1.54, 1.807) is 36.9 Å². The van der Waals surface area contributed by atoms with E-state index >= 15 is 0 Å². The lowest BCUT2D eigenvalue weighted by Crippen LogP contribution is -2.56. The third-order valence-electron chi connectivity index (χ3n) is 8.26. The van der Waals surface area contributed by atoms with Crippen LogP contribution in [-0.2, 0) is 9.59 Å². The lowest BCUT2D eigenvalue weighted by atomic mass is 9.80. The van der Waals surface area contributed by atoms with Gasteiger partial charge in [0.1, 0.15) is 24.0 Å². The fourth-order valence-electron chi connectivity index (χ4n) is 5.89. The lowest BCUT2D eigenvalue weighted by molar-refractivity contribution is 0.300. The van der Waals surface area contributed by atoms with E-state index in [2.05, 4.69) is 20.4 Å². The molecule has 1 aliphatic heterocycles. The second-order valence-corrected chi connectivity index (χ2v) is 13.8. The first-order valence-corrected chi connectivity index (χ1v) is 18.6. The summed E-state index contributed by atoms with van der Waals surface area (Å²) in [6.07, 6.45) is 8.64. The molecule has 282 valence electrons. The standard InChI is InChI=1S/C31H58B6N8O7/c1-31(2)23-43(33-25-47)28(39-31)26-15-17-27(18-16-26)52-22-14-13-21-45(37(6)51)30(42-35(4)49)44(36(5)50)20-12-10-8-7-9-11-19-38-29(40-32-24-46)41-34(3)48/h15-18,24-25,32-33,48-51H,7-14,19-23H2,1-6H3,(H2,38,40,41)/b42-30+. The van der Waals surface area contributed by atoms with Crippen molar-refractivity contribution in [1.82, 2.24) is 25.0 Å². The third kappa shape index (κ3) is 17.0. The van der Waals surface area contributed by atoms with E-state index in [1.165, 1.54) is 0 Å². The smallest absolute Gasteiger partial charge is 0.431 e. The molecule has 1 aromatic rings. The van der Waals surface area contributed by atoms with Gasteiger partial charge in [-0.2, -0.15) is 0 Å². The monoisotopic (exact) mass is 720 g/mol. The van der Waals surface area contributed by atoms with Crippen LogP contribution < -0.4 is 15.3 Å². The Labute approximate surface area is 313 Å². The molecule has 0 bridgehead atoms. The molecule has 21 heteroatoms. The Morgan fingerprint density at radius 1 is 0.923 bits per heavy atom. The molecule has 52 heavy (non-hydrogen) atoms. The number of aliphatic imine (C=N–C) groups is 1. The molecule has 0 saturated carbocycles. The maximum Gasteiger partial charge on any atom is 0.431 e. The Morgan fingerprint density at radius 3 is 2.08 bits per heavy atom. The molecule has 0 amide bonds. The SMILES string of the molecule is CB(O)/N=C(\N(CCCCCCCCN/C(=N\BC=O)NB(C)O)B(C)O)N(CCCCOc1ccc(C2=NC(C)(C)CN2BC=O)cc1)B(C)O. The summed E-state index contributed by atoms with van der Waals surface area (Å²) in [7, 11) is -3.25. The van der Waals surface area contributed by atoms with Gasteiger partial charge in [0.15, 0.2) is 11.9 Å². The van der Waals surface area contributed by atoms with Gasteiger partial charge in [0.05, 0.1) is 12.1 Å². The van der Waals surface area contributed by atoms with Crippen LogP contribution in [0.15, 0.2) is 39.1 Å². The van der Waals surface area contributed by atoms with Crippen LogP contribution in [0.3, 0.4) is 0 Å². The van der Waals surface area contributed by atoms with Crippen molar-refractivity contribution in [3.05, 3.63) is 29.8 Å². The molecule has 0 fully saturated rings. The van der Waals surface area contributed by atoms with Crippen molar-refractivity contribution in [2.24, 2.45) is 14.8 Å². The molecular weight excluding hydrogens is 661 g/mol. The minimum absolute atomic E-state index is 0.0248. The maximum atomic E-state index is 11.2. The Morgan fingerprint density at radius 2 is 1.52 bits per heavy atom. The Bertz CT molecular complexity index is 1290. The number of nitrogens with one attached hydrogen (secondary N) is 2. The minimum Gasteiger partial charge on any atom is -0.494 e. The van der Waals surface area contributed by atoms with E-state index in [0.717, 1.165) is 61.9 Å². The van der Waals surface area contributed by atoms with Gasteiger partial charge in [-0.1, -0.05) is 25.7 Å². The average Bonchev–Trinajstić information content (AvgIpc) is 3.38. The predicted octanol–water partition coefficient (Wildman–Crippen LogP) is 0.0468. The first kappa shape index (κ1) is 44.8. The molecule has 6 N–H and O–H groups in total. The van der Waals surface area contributed by atoms with Crippen LogP contribution >= 0.6 is 0 Å². The van der Waals surface area contributed by atoms with Gasteiger partial charge in [0.2, 0.25) is 0 Å². The van der Waals surface area contributed by atoms with E-state index in [0.29, 0.717) is 71.1 Å². The zero-order valence-electron chi connectivity index (χ0n) is 32.1. The highest BCUT2D eigenvalue weighted by Crippen LogP contribution is 2.24. The highest BCUT2D eigenvalue weighted by atomic mass is 16.5. The van der Waals surface area contributed by atoms with Crippen molar-refractivity contribution in [2.75, 3.05) is 32.8 Å². The van der Waals surface area contributed by atoms with Gasteiger partial charge in [0.25, 0.3) is 0 Å². The van der Waals surface area contributed by atoms with Crippen LogP contribution in [0.2, 0.25) is 27.3 Å². The summed E-state index contributed by atoms with van der Waals surface area (Å²) in [6, 6.07) is 7.71. The maximum absolute atomic E-state index is 11.2. The second kappa shape index (κ2) is 24.0. The zero-order chi connectivity index (χ0) is 38.5. The molecule has 1 aromatic carbocycles. The fourth-order valence-corrected chi connectivity index (χ4v) is 5.89. The zero-order valence-corrected chi connectivity index (χ0v) is 32.1. The molecule has 0 spiro atoms. The van der Waals surface area contributed by atoms with Crippen molar-refractivity contribution in [3.8, 4) is 5.75 Å². The summed E-state index contributed by atoms with van der Waals surface area (Å²) < 4.78 is 5.99. The number of hydrogen-bond acceptors (Lipinski definition) is 11. The van der Waals surface area contributed by atoms with Crippen LogP contribution in [0, 0.1) is 0 Å². The van der Waals surface area contributed by atoms with Gasteiger partial charge < -0.3 is 64.3 Å². The van der Waals surface area contributed by atoms with E-state index in [1.807, 2.05) is 42.9 Å². The van der Waals surface area contributed by atoms with Gasteiger partial charge in [-0.15, -0.1) is 0 Å². The van der Waals surface area contributed by atoms with Gasteiger partial charge in [-0.3, -0.25) is 9.90 Å². The molecule has 0 radical (unpaired) electrons. The summed E-state index contributed by atoms with van der Waals surface area (Å²) in [5.41, 5.74) is 0.685. The van der Waals surface area contributed by atoms with Crippen LogP contribution in [0.4, 0.5) is 0 Å². The van der Waals surface area contributed by atoms with Crippen molar-refractivity contribution >= 4 is 73.2 Å². The summed E-state index contributed by atoms with van der Waals surface area (Å²) in [6.45, 7) is 13.3. The number of guanidine groups is 2. The van der Waals surface area contributed by atoms with Crippen molar-refractivity contribution in [1.29, 1.82) is 0 Å². The van der Waals surface area contributed by atoms with Crippen LogP contribution in [-0.4, -0.2) is 146 Å². The highest BCUT2D eigenvalue weighted by molar-refractivity contribution is 6.67. The number of carbonyl (C=O) groups is 2. The molecule has 2 rings (SSSR count). The van der Waals surface area contributed by atoms with E-state index in [-0.39, 0.29) is 13.0 Å². The molecule has 0 unspecified atom stereocenters. The van der Waals surface area contributed by atoms with Crippen LogP contribution in [0.25, 0.3) is 0 Å². The fraction of sp³-hybridized carbons (Fsp3) is 0.645. The first-order valence-electron chi connectivity index (χ1n) is 18.6. The predicted molar refractivity (Wildman–Crippen MR) is 219 cm³/mol. The van der Waals surface area contributed by atoms with Gasteiger partial charge in [0, 0.05) is 31.7 Å². The molecule has 0 atom stereocenters. The van der Waals surface area contributed by atoms with Crippen LogP contribution in [0.5, 0.6) is 5.75 Å². The van der Waals surface area contributed by atoms with Gasteiger partial charge in [-0.25, -0.2) is 0 Å².